The molecule has 1 atom stereocenters. The van der Waals surface area contributed by atoms with Crippen LogP contribution in [-0.4, -0.2) is 34.7 Å². The zero-order valence-corrected chi connectivity index (χ0v) is 13.8. The highest BCUT2D eigenvalue weighted by Gasteiger charge is 2.29. The first-order chi connectivity index (χ1) is 10.3. The summed E-state index contributed by atoms with van der Waals surface area (Å²) in [6.45, 7) is 9.14. The molecular weight excluding hydrogens is 283 g/mol. The summed E-state index contributed by atoms with van der Waals surface area (Å²) in [7, 11) is 0. The molecule has 2 heterocycles. The molecule has 2 rings (SSSR count). The summed E-state index contributed by atoms with van der Waals surface area (Å²) < 4.78 is 18.4. The molecular formula is C17H25FN2O2. The summed E-state index contributed by atoms with van der Waals surface area (Å²) in [5, 5.41) is 0. The SMILES string of the molecule is CC(c1ccc(F)cn1)C1CCN(C(=O)OC(C)(C)C)CC1. The van der Waals surface area contributed by atoms with Crippen LogP contribution in [0.2, 0.25) is 0 Å². The van der Waals surface area contributed by atoms with Crippen LogP contribution in [-0.2, 0) is 4.74 Å². The molecule has 0 radical (unpaired) electrons. The van der Waals surface area contributed by atoms with Crippen LogP contribution in [0.3, 0.4) is 0 Å². The van der Waals surface area contributed by atoms with Crippen molar-refractivity contribution in [1.29, 1.82) is 0 Å². The number of amides is 1. The summed E-state index contributed by atoms with van der Waals surface area (Å²) in [5.41, 5.74) is 0.455. The number of aromatic nitrogens is 1. The Morgan fingerprint density at radius 1 is 1.36 bits per heavy atom. The number of nitrogens with zero attached hydrogens (tertiary/aromatic N) is 2. The first-order valence-electron chi connectivity index (χ1n) is 7.85. The van der Waals surface area contributed by atoms with Crippen LogP contribution in [0.15, 0.2) is 18.3 Å². The Hall–Kier alpha value is -1.65. The van der Waals surface area contributed by atoms with E-state index >= 15 is 0 Å². The molecule has 0 aromatic carbocycles. The van der Waals surface area contributed by atoms with Crippen molar-refractivity contribution >= 4 is 6.09 Å². The van der Waals surface area contributed by atoms with E-state index in [1.54, 1.807) is 11.0 Å². The van der Waals surface area contributed by atoms with E-state index < -0.39 is 5.60 Å². The quantitative estimate of drug-likeness (QED) is 0.830. The second-order valence-corrected chi connectivity index (χ2v) is 6.99. The lowest BCUT2D eigenvalue weighted by molar-refractivity contribution is 0.0175. The molecule has 1 aliphatic heterocycles. The first kappa shape index (κ1) is 16.7. The summed E-state index contributed by atoms with van der Waals surface area (Å²) in [6.07, 6.45) is 2.86. The molecule has 4 nitrogen and oxygen atoms in total. The molecule has 5 heteroatoms. The standard InChI is InChI=1S/C17H25FN2O2/c1-12(15-6-5-14(18)11-19-15)13-7-9-20(10-8-13)16(21)22-17(2,3)4/h5-6,11-13H,7-10H2,1-4H3. The molecule has 0 saturated carbocycles. The predicted octanol–water partition coefficient (Wildman–Crippen LogP) is 3.97. The monoisotopic (exact) mass is 308 g/mol. The number of ether oxygens (including phenoxy) is 1. The molecule has 0 bridgehead atoms. The van der Waals surface area contributed by atoms with Crippen molar-refractivity contribution in [3.63, 3.8) is 0 Å². The maximum Gasteiger partial charge on any atom is 0.410 e. The summed E-state index contributed by atoms with van der Waals surface area (Å²) in [5.74, 6) is 0.411. The third kappa shape index (κ3) is 4.42. The third-order valence-corrected chi connectivity index (χ3v) is 4.12. The van der Waals surface area contributed by atoms with Gasteiger partial charge in [-0.15, -0.1) is 0 Å². The van der Waals surface area contributed by atoms with E-state index in [-0.39, 0.29) is 17.8 Å². The summed E-state index contributed by atoms with van der Waals surface area (Å²) in [6, 6.07) is 3.20. The molecule has 1 amide bonds. The zero-order chi connectivity index (χ0) is 16.3. The van der Waals surface area contributed by atoms with Gasteiger partial charge in [-0.25, -0.2) is 9.18 Å². The van der Waals surface area contributed by atoms with Gasteiger partial charge < -0.3 is 9.64 Å². The molecule has 1 aromatic rings. The number of carbonyl (C=O) groups excluding carboxylic acids is 1. The van der Waals surface area contributed by atoms with Crippen molar-refractivity contribution in [1.82, 2.24) is 9.88 Å². The van der Waals surface area contributed by atoms with Gasteiger partial charge in [0.25, 0.3) is 0 Å². The van der Waals surface area contributed by atoms with Gasteiger partial charge in [-0.3, -0.25) is 4.98 Å². The second kappa shape index (κ2) is 6.63. The van der Waals surface area contributed by atoms with E-state index in [1.165, 1.54) is 12.3 Å². The highest BCUT2D eigenvalue weighted by molar-refractivity contribution is 5.68. The van der Waals surface area contributed by atoms with E-state index in [9.17, 15) is 9.18 Å². The summed E-state index contributed by atoms with van der Waals surface area (Å²) in [4.78, 5) is 18.0. The lowest BCUT2D eigenvalue weighted by atomic mass is 9.83. The fourth-order valence-electron chi connectivity index (χ4n) is 2.81. The molecule has 122 valence electrons. The van der Waals surface area contributed by atoms with E-state index in [0.717, 1.165) is 18.5 Å². The molecule has 1 aromatic heterocycles. The second-order valence-electron chi connectivity index (χ2n) is 6.99. The molecule has 0 spiro atoms. The molecule has 1 aliphatic rings. The summed E-state index contributed by atoms with van der Waals surface area (Å²) >= 11 is 0. The maximum atomic E-state index is 12.9. The number of hydrogen-bond acceptors (Lipinski definition) is 3. The number of rotatable bonds is 2. The highest BCUT2D eigenvalue weighted by Crippen LogP contribution is 2.31. The first-order valence-corrected chi connectivity index (χ1v) is 7.85. The van der Waals surface area contributed by atoms with Crippen LogP contribution in [0.25, 0.3) is 0 Å². The van der Waals surface area contributed by atoms with Gasteiger partial charge >= 0.3 is 6.09 Å². The molecule has 0 aliphatic carbocycles. The molecule has 1 fully saturated rings. The van der Waals surface area contributed by atoms with E-state index in [2.05, 4.69) is 11.9 Å². The van der Waals surface area contributed by atoms with E-state index in [1.807, 2.05) is 20.8 Å². The minimum Gasteiger partial charge on any atom is -0.444 e. The predicted molar refractivity (Wildman–Crippen MR) is 83.1 cm³/mol. The fourth-order valence-corrected chi connectivity index (χ4v) is 2.81. The average molecular weight is 308 g/mol. The van der Waals surface area contributed by atoms with Crippen LogP contribution in [0.5, 0.6) is 0 Å². The van der Waals surface area contributed by atoms with Crippen LogP contribution < -0.4 is 0 Å². The van der Waals surface area contributed by atoms with Gasteiger partial charge in [0.1, 0.15) is 11.4 Å². The van der Waals surface area contributed by atoms with Crippen molar-refractivity contribution in [3.8, 4) is 0 Å². The molecule has 1 unspecified atom stereocenters. The Morgan fingerprint density at radius 2 is 2.00 bits per heavy atom. The number of pyridine rings is 1. The van der Waals surface area contributed by atoms with E-state index in [0.29, 0.717) is 19.0 Å². The van der Waals surface area contributed by atoms with Gasteiger partial charge in [0.05, 0.1) is 6.20 Å². The van der Waals surface area contributed by atoms with Gasteiger partial charge in [-0.05, 0) is 51.7 Å². The normalized spacial score (nSPS) is 18.1. The molecule has 22 heavy (non-hydrogen) atoms. The Balaban J connectivity index is 1.89. The topological polar surface area (TPSA) is 42.4 Å². The Labute approximate surface area is 131 Å². The maximum absolute atomic E-state index is 12.9. The fraction of sp³-hybridized carbons (Fsp3) is 0.647. The third-order valence-electron chi connectivity index (χ3n) is 4.12. The average Bonchev–Trinajstić information content (AvgIpc) is 2.46. The smallest absolute Gasteiger partial charge is 0.410 e. The number of piperidine rings is 1. The van der Waals surface area contributed by atoms with Gasteiger partial charge in [0.15, 0.2) is 0 Å². The molecule has 0 N–H and O–H groups in total. The molecule has 1 saturated heterocycles. The largest absolute Gasteiger partial charge is 0.444 e. The van der Waals surface area contributed by atoms with E-state index in [4.69, 9.17) is 4.74 Å². The number of carbonyl (C=O) groups is 1. The van der Waals surface area contributed by atoms with Crippen LogP contribution in [0, 0.1) is 11.7 Å². The Bertz CT molecular complexity index is 502. The van der Waals surface area contributed by atoms with Gasteiger partial charge in [0.2, 0.25) is 0 Å². The highest BCUT2D eigenvalue weighted by atomic mass is 19.1. The van der Waals surface area contributed by atoms with Crippen molar-refractivity contribution in [2.45, 2.75) is 52.1 Å². The van der Waals surface area contributed by atoms with Crippen molar-refractivity contribution in [2.75, 3.05) is 13.1 Å². The van der Waals surface area contributed by atoms with Crippen LogP contribution in [0.4, 0.5) is 9.18 Å². The van der Waals surface area contributed by atoms with Crippen LogP contribution in [0.1, 0.15) is 52.1 Å². The van der Waals surface area contributed by atoms with Crippen LogP contribution >= 0.6 is 0 Å². The van der Waals surface area contributed by atoms with Crippen molar-refractivity contribution < 1.29 is 13.9 Å². The number of hydrogen-bond donors (Lipinski definition) is 0. The number of likely N-dealkylation sites (tertiary alicyclic amines) is 1. The van der Waals surface area contributed by atoms with Crippen molar-refractivity contribution in [3.05, 3.63) is 29.8 Å². The van der Waals surface area contributed by atoms with Gasteiger partial charge in [-0.2, -0.15) is 0 Å². The minimum absolute atomic E-state index is 0.237. The van der Waals surface area contributed by atoms with Gasteiger partial charge in [-0.1, -0.05) is 6.92 Å². The zero-order valence-electron chi connectivity index (χ0n) is 13.8. The van der Waals surface area contributed by atoms with Gasteiger partial charge in [0, 0.05) is 24.7 Å². The lowest BCUT2D eigenvalue weighted by Crippen LogP contribution is -2.42. The minimum atomic E-state index is -0.459. The Kier molecular flexibility index (Phi) is 5.04. The number of halogens is 1. The Morgan fingerprint density at radius 3 is 2.50 bits per heavy atom. The lowest BCUT2D eigenvalue weighted by Gasteiger charge is -2.35. The van der Waals surface area contributed by atoms with Crippen molar-refractivity contribution in [2.24, 2.45) is 5.92 Å².